The first-order valence-corrected chi connectivity index (χ1v) is 11.8. The van der Waals surface area contributed by atoms with Crippen molar-refractivity contribution in [2.24, 2.45) is 5.92 Å². The highest BCUT2D eigenvalue weighted by atomic mass is 35.5. The molecule has 2 heterocycles. The number of aryl methyl sites for hydroxylation is 1. The highest BCUT2D eigenvalue weighted by Crippen LogP contribution is 2.22. The average molecular weight is 470 g/mol. The van der Waals surface area contributed by atoms with Crippen LogP contribution in [0.25, 0.3) is 16.7 Å². The van der Waals surface area contributed by atoms with Gasteiger partial charge in [0.1, 0.15) is 0 Å². The third-order valence-corrected chi connectivity index (χ3v) is 6.47. The summed E-state index contributed by atoms with van der Waals surface area (Å²) in [5.41, 5.74) is 1.52. The van der Waals surface area contributed by atoms with Crippen LogP contribution in [0.3, 0.4) is 0 Å². The van der Waals surface area contributed by atoms with Crippen LogP contribution in [0.4, 0.5) is 0 Å². The van der Waals surface area contributed by atoms with Gasteiger partial charge in [-0.05, 0) is 36.1 Å². The Labute approximate surface area is 194 Å². The Morgan fingerprint density at radius 1 is 1.12 bits per heavy atom. The van der Waals surface area contributed by atoms with Crippen LogP contribution < -0.4 is 10.9 Å². The Hall–Kier alpha value is -2.84. The molecule has 0 radical (unpaired) electrons. The molecular formula is C23H24ClN5O2S. The van der Waals surface area contributed by atoms with Crippen molar-refractivity contribution < 1.29 is 4.79 Å². The number of thioether (sulfide) groups is 1. The zero-order chi connectivity index (χ0) is 22.7. The second-order valence-corrected chi connectivity index (χ2v) is 9.28. The summed E-state index contributed by atoms with van der Waals surface area (Å²) in [6, 6.07) is 14.8. The number of fused-ring (bicyclic) bond motifs is 3. The van der Waals surface area contributed by atoms with Gasteiger partial charge in [-0.25, -0.2) is 0 Å². The molecule has 9 heteroatoms. The third-order valence-electron chi connectivity index (χ3n) is 5.17. The van der Waals surface area contributed by atoms with E-state index in [1.165, 1.54) is 11.8 Å². The number of carbonyl (C=O) groups excluding carboxylic acids is 1. The van der Waals surface area contributed by atoms with Crippen LogP contribution in [0.1, 0.15) is 25.8 Å². The van der Waals surface area contributed by atoms with Gasteiger partial charge >= 0.3 is 0 Å². The average Bonchev–Trinajstić information content (AvgIpc) is 3.21. The summed E-state index contributed by atoms with van der Waals surface area (Å²) in [5.74, 6) is 0.981. The largest absolute Gasteiger partial charge is 0.351 e. The van der Waals surface area contributed by atoms with Gasteiger partial charge in [0.2, 0.25) is 11.7 Å². The molecule has 0 atom stereocenters. The first-order valence-electron chi connectivity index (χ1n) is 10.4. The molecule has 0 aliphatic carbocycles. The van der Waals surface area contributed by atoms with E-state index >= 15 is 0 Å². The van der Waals surface area contributed by atoms with E-state index in [0.717, 1.165) is 17.5 Å². The number of nitrogens with zero attached hydrogens (tertiary/aromatic N) is 4. The lowest BCUT2D eigenvalue weighted by Crippen LogP contribution is -2.25. The molecule has 0 saturated heterocycles. The van der Waals surface area contributed by atoms with E-state index in [2.05, 4.69) is 29.4 Å². The van der Waals surface area contributed by atoms with Gasteiger partial charge in [-0.3, -0.25) is 18.6 Å². The molecule has 166 valence electrons. The lowest BCUT2D eigenvalue weighted by atomic mass is 10.1. The van der Waals surface area contributed by atoms with Crippen molar-refractivity contribution in [1.82, 2.24) is 24.5 Å². The number of aromatic nitrogens is 4. The summed E-state index contributed by atoms with van der Waals surface area (Å²) >= 11 is 7.44. The molecule has 0 fully saturated rings. The van der Waals surface area contributed by atoms with Gasteiger partial charge in [0.05, 0.1) is 16.7 Å². The first kappa shape index (κ1) is 22.4. The predicted octanol–water partition coefficient (Wildman–Crippen LogP) is 4.15. The molecule has 0 bridgehead atoms. The van der Waals surface area contributed by atoms with Crippen molar-refractivity contribution in [1.29, 1.82) is 0 Å². The zero-order valence-corrected chi connectivity index (χ0v) is 19.5. The summed E-state index contributed by atoms with van der Waals surface area (Å²) in [6.07, 6.45) is 0.855. The molecule has 0 aliphatic heterocycles. The lowest BCUT2D eigenvalue weighted by molar-refractivity contribution is -0.118. The number of hydrogen-bond donors (Lipinski definition) is 1. The molecule has 0 spiro atoms. The number of amides is 1. The molecule has 7 nitrogen and oxygen atoms in total. The van der Waals surface area contributed by atoms with Crippen LogP contribution in [0.2, 0.25) is 5.02 Å². The summed E-state index contributed by atoms with van der Waals surface area (Å²) in [4.78, 5) is 25.5. The molecule has 1 N–H and O–H groups in total. The van der Waals surface area contributed by atoms with Crippen molar-refractivity contribution in [3.05, 3.63) is 69.5 Å². The third kappa shape index (κ3) is 4.66. The van der Waals surface area contributed by atoms with E-state index < -0.39 is 0 Å². The lowest BCUT2D eigenvalue weighted by Gasteiger charge is -2.12. The summed E-state index contributed by atoms with van der Waals surface area (Å²) < 4.78 is 3.54. The highest BCUT2D eigenvalue weighted by Gasteiger charge is 2.17. The number of halogens is 1. The van der Waals surface area contributed by atoms with Crippen molar-refractivity contribution in [3.8, 4) is 0 Å². The van der Waals surface area contributed by atoms with Gasteiger partial charge in [0, 0.05) is 18.1 Å². The van der Waals surface area contributed by atoms with Gasteiger partial charge in [-0.15, -0.1) is 10.2 Å². The van der Waals surface area contributed by atoms with Crippen LogP contribution >= 0.6 is 23.4 Å². The van der Waals surface area contributed by atoms with Crippen LogP contribution in [-0.2, 0) is 17.9 Å². The molecule has 4 rings (SSSR count). The van der Waals surface area contributed by atoms with Crippen LogP contribution in [0, 0.1) is 5.92 Å². The predicted molar refractivity (Wildman–Crippen MR) is 128 cm³/mol. The van der Waals surface area contributed by atoms with E-state index in [0.29, 0.717) is 40.4 Å². The van der Waals surface area contributed by atoms with E-state index in [1.807, 2.05) is 46.9 Å². The maximum Gasteiger partial charge on any atom is 0.262 e. The van der Waals surface area contributed by atoms with E-state index in [9.17, 15) is 9.59 Å². The molecule has 2 aromatic heterocycles. The molecular weight excluding hydrogens is 446 g/mol. The normalized spacial score (nSPS) is 11.5. The molecule has 32 heavy (non-hydrogen) atoms. The van der Waals surface area contributed by atoms with Crippen molar-refractivity contribution in [3.63, 3.8) is 0 Å². The minimum Gasteiger partial charge on any atom is -0.351 e. The quantitative estimate of drug-likeness (QED) is 0.392. The first-order chi connectivity index (χ1) is 15.5. The second-order valence-electron chi connectivity index (χ2n) is 7.93. The van der Waals surface area contributed by atoms with Gasteiger partial charge in [-0.2, -0.15) is 0 Å². The van der Waals surface area contributed by atoms with Crippen LogP contribution in [0.15, 0.2) is 58.5 Å². The Morgan fingerprint density at radius 3 is 2.66 bits per heavy atom. The number of benzene rings is 2. The standard InChI is InChI=1S/C23H24ClN5O2S/c1-15(2)11-12-28-21(31)17-8-4-6-10-19(17)29-22(28)26-27-23(29)32-14-20(30)25-13-16-7-3-5-9-18(16)24/h3-10,15H,11-14H2,1-2H3,(H,25,30). The van der Waals surface area contributed by atoms with E-state index in [-0.39, 0.29) is 17.2 Å². The van der Waals surface area contributed by atoms with Gasteiger partial charge in [0.15, 0.2) is 5.16 Å². The number of para-hydroxylation sites is 1. The number of hydrogen-bond acceptors (Lipinski definition) is 5. The second kappa shape index (κ2) is 9.75. The smallest absolute Gasteiger partial charge is 0.262 e. The Kier molecular flexibility index (Phi) is 6.81. The summed E-state index contributed by atoms with van der Waals surface area (Å²) in [5, 5.41) is 13.3. The number of nitrogens with one attached hydrogen (secondary N) is 1. The monoisotopic (exact) mass is 469 g/mol. The SMILES string of the molecule is CC(C)CCn1c(=O)c2ccccc2n2c(SCC(=O)NCc3ccccc3Cl)nnc12. The molecule has 0 saturated carbocycles. The van der Waals surface area contributed by atoms with Crippen LogP contribution in [-0.4, -0.2) is 30.8 Å². The molecule has 4 aromatic rings. The number of carbonyl (C=O) groups is 1. The summed E-state index contributed by atoms with van der Waals surface area (Å²) in [7, 11) is 0. The van der Waals surface area contributed by atoms with Crippen molar-refractivity contribution in [2.45, 2.75) is 38.5 Å². The maximum absolute atomic E-state index is 13.1. The molecule has 0 aliphatic rings. The van der Waals surface area contributed by atoms with Gasteiger partial charge in [0.25, 0.3) is 5.56 Å². The van der Waals surface area contributed by atoms with Crippen LogP contribution in [0.5, 0.6) is 0 Å². The van der Waals surface area contributed by atoms with Gasteiger partial charge in [-0.1, -0.05) is 67.5 Å². The maximum atomic E-state index is 13.1. The minimum absolute atomic E-state index is 0.0739. The fraction of sp³-hybridized carbons (Fsp3) is 0.304. The fourth-order valence-electron chi connectivity index (χ4n) is 3.43. The zero-order valence-electron chi connectivity index (χ0n) is 17.9. The van der Waals surface area contributed by atoms with E-state index in [1.54, 1.807) is 10.6 Å². The van der Waals surface area contributed by atoms with Gasteiger partial charge < -0.3 is 5.32 Å². The Morgan fingerprint density at radius 2 is 1.88 bits per heavy atom. The molecule has 2 aromatic carbocycles. The number of rotatable bonds is 8. The summed E-state index contributed by atoms with van der Waals surface area (Å²) in [6.45, 7) is 5.16. The van der Waals surface area contributed by atoms with E-state index in [4.69, 9.17) is 11.6 Å². The topological polar surface area (TPSA) is 81.3 Å². The highest BCUT2D eigenvalue weighted by molar-refractivity contribution is 7.99. The molecule has 0 unspecified atom stereocenters. The Bertz CT molecular complexity index is 1330. The van der Waals surface area contributed by atoms with Crippen molar-refractivity contribution in [2.75, 3.05) is 5.75 Å². The molecule has 1 amide bonds. The Balaban J connectivity index is 1.59. The fourth-order valence-corrected chi connectivity index (χ4v) is 4.41. The minimum atomic E-state index is -0.135. The van der Waals surface area contributed by atoms with Crippen molar-refractivity contribution >= 4 is 46.0 Å².